The van der Waals surface area contributed by atoms with E-state index in [0.29, 0.717) is 0 Å². The van der Waals surface area contributed by atoms with Crippen LogP contribution in [-0.4, -0.2) is 17.5 Å². The van der Waals surface area contributed by atoms with Crippen molar-refractivity contribution in [1.82, 2.24) is 10.6 Å². The van der Waals surface area contributed by atoms with E-state index in [1.54, 1.807) is 6.07 Å². The Kier molecular flexibility index (Phi) is 4.14. The van der Waals surface area contributed by atoms with E-state index in [9.17, 15) is 9.18 Å². The van der Waals surface area contributed by atoms with Gasteiger partial charge in [-0.15, -0.1) is 0 Å². The summed E-state index contributed by atoms with van der Waals surface area (Å²) in [6.45, 7) is 7.75. The fraction of sp³-hybridized carbons (Fsp3) is 0.562. The molecule has 0 fully saturated rings. The van der Waals surface area contributed by atoms with Crippen LogP contribution in [0.3, 0.4) is 0 Å². The van der Waals surface area contributed by atoms with Gasteiger partial charge in [-0.3, -0.25) is 10.1 Å². The first-order valence-corrected chi connectivity index (χ1v) is 7.12. The van der Waals surface area contributed by atoms with Crippen LogP contribution in [0.25, 0.3) is 0 Å². The lowest BCUT2D eigenvalue weighted by atomic mass is 10.1. The Morgan fingerprint density at radius 3 is 2.75 bits per heavy atom. The van der Waals surface area contributed by atoms with Crippen LogP contribution in [0.2, 0.25) is 0 Å². The molecule has 2 N–H and O–H groups in total. The molecule has 0 saturated carbocycles. The second kappa shape index (κ2) is 5.52. The number of hydrogen-bond donors (Lipinski definition) is 2. The fourth-order valence-electron chi connectivity index (χ4n) is 2.61. The molecule has 1 aliphatic rings. The van der Waals surface area contributed by atoms with E-state index in [2.05, 4.69) is 10.6 Å². The molecule has 3 nitrogen and oxygen atoms in total. The van der Waals surface area contributed by atoms with Crippen molar-refractivity contribution in [2.45, 2.75) is 58.2 Å². The first-order valence-electron chi connectivity index (χ1n) is 7.12. The Morgan fingerprint density at radius 2 is 2.10 bits per heavy atom. The smallest absolute Gasteiger partial charge is 0.237 e. The molecule has 0 heterocycles. The van der Waals surface area contributed by atoms with Crippen molar-refractivity contribution in [1.29, 1.82) is 0 Å². The predicted octanol–water partition coefficient (Wildman–Crippen LogP) is 2.71. The molecule has 0 radical (unpaired) electrons. The third-order valence-electron chi connectivity index (χ3n) is 3.53. The van der Waals surface area contributed by atoms with Crippen molar-refractivity contribution < 1.29 is 9.18 Å². The highest BCUT2D eigenvalue weighted by Gasteiger charge is 2.27. The highest BCUT2D eigenvalue weighted by molar-refractivity contribution is 5.82. The van der Waals surface area contributed by atoms with Gasteiger partial charge in [-0.1, -0.05) is 6.07 Å². The van der Waals surface area contributed by atoms with Crippen LogP contribution in [-0.2, 0) is 11.2 Å². The van der Waals surface area contributed by atoms with Gasteiger partial charge in [0.25, 0.3) is 0 Å². The number of amides is 1. The summed E-state index contributed by atoms with van der Waals surface area (Å²) in [5.74, 6) is -0.198. The fourth-order valence-corrected chi connectivity index (χ4v) is 2.61. The first-order chi connectivity index (χ1) is 9.26. The summed E-state index contributed by atoms with van der Waals surface area (Å²) in [5, 5.41) is 6.31. The van der Waals surface area contributed by atoms with E-state index in [4.69, 9.17) is 0 Å². The Hall–Kier alpha value is -1.42. The lowest BCUT2D eigenvalue weighted by Gasteiger charge is -2.25. The average molecular weight is 278 g/mol. The number of nitrogens with one attached hydrogen (secondary N) is 2. The van der Waals surface area contributed by atoms with Gasteiger partial charge in [0.1, 0.15) is 5.82 Å². The lowest BCUT2D eigenvalue weighted by Crippen LogP contribution is -2.50. The highest BCUT2D eigenvalue weighted by Crippen LogP contribution is 2.31. The van der Waals surface area contributed by atoms with Gasteiger partial charge in [0, 0.05) is 11.6 Å². The van der Waals surface area contributed by atoms with Crippen molar-refractivity contribution in [3.63, 3.8) is 0 Å². The maximum Gasteiger partial charge on any atom is 0.237 e. The normalized spacial score (nSPS) is 19.6. The van der Waals surface area contributed by atoms with E-state index in [1.165, 1.54) is 6.07 Å². The molecule has 1 aliphatic carbocycles. The standard InChI is InChI=1S/C16H23FN2O/c1-10(15(20)19-16(2,3)4)18-14-8-5-11-9-12(17)6-7-13(11)14/h6-7,9-10,14,18H,5,8H2,1-4H3,(H,19,20). The minimum absolute atomic E-state index is 0.00642. The monoisotopic (exact) mass is 278 g/mol. The van der Waals surface area contributed by atoms with Crippen molar-refractivity contribution in [3.8, 4) is 0 Å². The molecule has 0 bridgehead atoms. The third-order valence-corrected chi connectivity index (χ3v) is 3.53. The number of carbonyl (C=O) groups is 1. The molecule has 1 aromatic carbocycles. The molecule has 0 aliphatic heterocycles. The van der Waals surface area contributed by atoms with Crippen molar-refractivity contribution in [3.05, 3.63) is 35.1 Å². The maximum absolute atomic E-state index is 13.2. The molecule has 2 atom stereocenters. The second-order valence-electron chi connectivity index (χ2n) is 6.56. The number of aryl methyl sites for hydroxylation is 1. The molecule has 0 aromatic heterocycles. The number of rotatable bonds is 3. The van der Waals surface area contributed by atoms with Gasteiger partial charge in [0.05, 0.1) is 6.04 Å². The number of hydrogen-bond acceptors (Lipinski definition) is 2. The van der Waals surface area contributed by atoms with E-state index in [0.717, 1.165) is 24.0 Å². The number of benzene rings is 1. The van der Waals surface area contributed by atoms with E-state index in [-0.39, 0.29) is 29.3 Å². The third kappa shape index (κ3) is 3.57. The van der Waals surface area contributed by atoms with Crippen LogP contribution < -0.4 is 10.6 Å². The maximum atomic E-state index is 13.2. The van der Waals surface area contributed by atoms with Crippen LogP contribution in [0.4, 0.5) is 4.39 Å². The van der Waals surface area contributed by atoms with E-state index < -0.39 is 0 Å². The molecule has 0 spiro atoms. The molecule has 110 valence electrons. The summed E-state index contributed by atoms with van der Waals surface area (Å²) in [6, 6.07) is 4.76. The van der Waals surface area contributed by atoms with Gasteiger partial charge < -0.3 is 5.32 Å². The summed E-state index contributed by atoms with van der Waals surface area (Å²) < 4.78 is 13.2. The molecule has 1 aromatic rings. The number of halogens is 1. The Morgan fingerprint density at radius 1 is 1.40 bits per heavy atom. The summed E-state index contributed by atoms with van der Waals surface area (Å²) in [6.07, 6.45) is 1.77. The number of fused-ring (bicyclic) bond motifs is 1. The average Bonchev–Trinajstić information content (AvgIpc) is 2.69. The summed E-state index contributed by atoms with van der Waals surface area (Å²) in [7, 11) is 0. The van der Waals surface area contributed by atoms with E-state index >= 15 is 0 Å². The zero-order valence-electron chi connectivity index (χ0n) is 12.6. The molecule has 1 amide bonds. The van der Waals surface area contributed by atoms with Crippen molar-refractivity contribution in [2.24, 2.45) is 0 Å². The molecular weight excluding hydrogens is 255 g/mol. The molecule has 20 heavy (non-hydrogen) atoms. The van der Waals surface area contributed by atoms with Crippen LogP contribution in [0, 0.1) is 5.82 Å². The minimum Gasteiger partial charge on any atom is -0.350 e. The Bertz CT molecular complexity index is 508. The Balaban J connectivity index is 2.01. The number of carbonyl (C=O) groups excluding carboxylic acids is 1. The van der Waals surface area contributed by atoms with Crippen LogP contribution in [0.5, 0.6) is 0 Å². The Labute approximate surface area is 120 Å². The van der Waals surface area contributed by atoms with Gasteiger partial charge in [-0.25, -0.2) is 4.39 Å². The van der Waals surface area contributed by atoms with Crippen molar-refractivity contribution in [2.75, 3.05) is 0 Å². The van der Waals surface area contributed by atoms with Gasteiger partial charge >= 0.3 is 0 Å². The van der Waals surface area contributed by atoms with Gasteiger partial charge in [-0.2, -0.15) is 0 Å². The van der Waals surface area contributed by atoms with Gasteiger partial charge in [0.15, 0.2) is 0 Å². The molecular formula is C16H23FN2O. The summed E-state index contributed by atoms with van der Waals surface area (Å²) in [4.78, 5) is 12.1. The van der Waals surface area contributed by atoms with Crippen LogP contribution in [0.1, 0.15) is 51.3 Å². The van der Waals surface area contributed by atoms with Crippen LogP contribution in [0.15, 0.2) is 18.2 Å². The van der Waals surface area contributed by atoms with Crippen LogP contribution >= 0.6 is 0 Å². The molecule has 4 heteroatoms. The zero-order valence-corrected chi connectivity index (χ0v) is 12.6. The molecule has 0 saturated heterocycles. The highest BCUT2D eigenvalue weighted by atomic mass is 19.1. The predicted molar refractivity (Wildman–Crippen MR) is 78.0 cm³/mol. The topological polar surface area (TPSA) is 41.1 Å². The summed E-state index contributed by atoms with van der Waals surface area (Å²) in [5.41, 5.74) is 1.93. The molecule has 2 unspecified atom stereocenters. The zero-order chi connectivity index (χ0) is 14.9. The van der Waals surface area contributed by atoms with Gasteiger partial charge in [-0.05, 0) is 63.8 Å². The van der Waals surface area contributed by atoms with Crippen molar-refractivity contribution >= 4 is 5.91 Å². The SMILES string of the molecule is CC(NC1CCc2cc(F)ccc21)C(=O)NC(C)(C)C. The van der Waals surface area contributed by atoms with E-state index in [1.807, 2.05) is 33.8 Å². The lowest BCUT2D eigenvalue weighted by molar-refractivity contribution is -0.124. The summed E-state index contributed by atoms with van der Waals surface area (Å²) >= 11 is 0. The quantitative estimate of drug-likeness (QED) is 0.892. The minimum atomic E-state index is -0.268. The second-order valence-corrected chi connectivity index (χ2v) is 6.56. The largest absolute Gasteiger partial charge is 0.350 e. The first kappa shape index (κ1) is 15.0. The molecule has 2 rings (SSSR count). The van der Waals surface area contributed by atoms with Gasteiger partial charge in [0.2, 0.25) is 5.91 Å².